The third kappa shape index (κ3) is 2.64. The summed E-state index contributed by atoms with van der Waals surface area (Å²) in [4.78, 5) is 13.5. The van der Waals surface area contributed by atoms with Gasteiger partial charge in [0.05, 0.1) is 13.2 Å². The Morgan fingerprint density at radius 1 is 1.30 bits per heavy atom. The van der Waals surface area contributed by atoms with Crippen molar-refractivity contribution in [1.29, 1.82) is 0 Å². The SMILES string of the molecule is CC1(c2ccccc2)CN(C(=O)C(F)(F)C2(O)CCC2)CCO1. The summed E-state index contributed by atoms with van der Waals surface area (Å²) >= 11 is 0. The van der Waals surface area contributed by atoms with Crippen LogP contribution < -0.4 is 0 Å². The van der Waals surface area contributed by atoms with Crippen LogP contribution in [-0.2, 0) is 15.1 Å². The zero-order valence-electron chi connectivity index (χ0n) is 13.1. The quantitative estimate of drug-likeness (QED) is 0.928. The number of benzene rings is 1. The van der Waals surface area contributed by atoms with Gasteiger partial charge in [-0.15, -0.1) is 0 Å². The molecule has 1 unspecified atom stereocenters. The van der Waals surface area contributed by atoms with Crippen LogP contribution in [0.15, 0.2) is 30.3 Å². The Morgan fingerprint density at radius 3 is 2.52 bits per heavy atom. The number of carbonyl (C=O) groups excluding carboxylic acids is 1. The van der Waals surface area contributed by atoms with Gasteiger partial charge in [-0.25, -0.2) is 0 Å². The molecule has 1 heterocycles. The normalized spacial score (nSPS) is 27.4. The third-order valence-electron chi connectivity index (χ3n) is 4.98. The van der Waals surface area contributed by atoms with Gasteiger partial charge in [0.25, 0.3) is 5.91 Å². The van der Waals surface area contributed by atoms with E-state index in [9.17, 15) is 18.7 Å². The van der Waals surface area contributed by atoms with E-state index in [0.29, 0.717) is 6.42 Å². The van der Waals surface area contributed by atoms with Crippen LogP contribution >= 0.6 is 0 Å². The molecule has 4 nitrogen and oxygen atoms in total. The minimum Gasteiger partial charge on any atom is -0.383 e. The molecule has 2 fully saturated rings. The molecule has 1 saturated heterocycles. The fourth-order valence-corrected chi connectivity index (χ4v) is 3.23. The van der Waals surface area contributed by atoms with Crippen LogP contribution in [0.5, 0.6) is 0 Å². The number of alkyl halides is 2. The topological polar surface area (TPSA) is 49.8 Å². The third-order valence-corrected chi connectivity index (χ3v) is 4.98. The number of halogens is 2. The van der Waals surface area contributed by atoms with E-state index in [0.717, 1.165) is 10.5 Å². The smallest absolute Gasteiger partial charge is 0.352 e. The second-order valence-corrected chi connectivity index (χ2v) is 6.63. The van der Waals surface area contributed by atoms with E-state index in [4.69, 9.17) is 4.74 Å². The van der Waals surface area contributed by atoms with Crippen molar-refractivity contribution in [3.05, 3.63) is 35.9 Å². The Labute approximate surface area is 134 Å². The molecular formula is C17H21F2NO3. The van der Waals surface area contributed by atoms with Gasteiger partial charge in [-0.05, 0) is 31.7 Å². The fraction of sp³-hybridized carbons (Fsp3) is 0.588. The predicted molar refractivity (Wildman–Crippen MR) is 80.1 cm³/mol. The summed E-state index contributed by atoms with van der Waals surface area (Å²) in [5.41, 5.74) is -2.18. The van der Waals surface area contributed by atoms with Crippen LogP contribution in [-0.4, -0.2) is 47.1 Å². The average Bonchev–Trinajstić information content (AvgIpc) is 2.52. The van der Waals surface area contributed by atoms with E-state index >= 15 is 0 Å². The zero-order valence-corrected chi connectivity index (χ0v) is 13.1. The number of morpholine rings is 1. The Kier molecular flexibility index (Phi) is 3.92. The van der Waals surface area contributed by atoms with Gasteiger partial charge >= 0.3 is 5.92 Å². The number of nitrogens with zero attached hydrogens (tertiary/aromatic N) is 1. The highest BCUT2D eigenvalue weighted by Gasteiger charge is 2.62. The summed E-state index contributed by atoms with van der Waals surface area (Å²) in [5.74, 6) is -5.05. The Balaban J connectivity index is 1.80. The Bertz CT molecular complexity index is 589. The zero-order chi connectivity index (χ0) is 16.7. The summed E-state index contributed by atoms with van der Waals surface area (Å²) in [6.07, 6.45) is 0.447. The molecule has 0 radical (unpaired) electrons. The summed E-state index contributed by atoms with van der Waals surface area (Å²) in [6, 6.07) is 9.25. The van der Waals surface area contributed by atoms with Crippen LogP contribution in [0, 0.1) is 0 Å². The summed E-state index contributed by atoms with van der Waals surface area (Å²) < 4.78 is 34.6. The standard InChI is InChI=1S/C17H21F2NO3/c1-15(13-6-3-2-4-7-13)12-20(10-11-23-15)14(21)17(18,19)16(22)8-5-9-16/h2-4,6-7,22H,5,8-12H2,1H3. The van der Waals surface area contributed by atoms with Crippen molar-refractivity contribution in [1.82, 2.24) is 4.90 Å². The molecule has 0 aromatic heterocycles. The van der Waals surface area contributed by atoms with Crippen molar-refractivity contribution < 1.29 is 23.4 Å². The second-order valence-electron chi connectivity index (χ2n) is 6.63. The molecule has 1 aliphatic carbocycles. The highest BCUT2D eigenvalue weighted by molar-refractivity contribution is 5.85. The first-order valence-corrected chi connectivity index (χ1v) is 7.88. The molecule has 6 heteroatoms. The minimum atomic E-state index is -3.75. The highest BCUT2D eigenvalue weighted by Crippen LogP contribution is 2.45. The molecule has 23 heavy (non-hydrogen) atoms. The lowest BCUT2D eigenvalue weighted by atomic mass is 9.75. The molecule has 0 spiro atoms. The highest BCUT2D eigenvalue weighted by atomic mass is 19.3. The van der Waals surface area contributed by atoms with Crippen LogP contribution in [0.25, 0.3) is 0 Å². The summed E-state index contributed by atoms with van der Waals surface area (Å²) in [5, 5.41) is 9.96. The molecule has 1 N–H and O–H groups in total. The maximum Gasteiger partial charge on any atom is 0.352 e. The van der Waals surface area contributed by atoms with E-state index < -0.39 is 23.0 Å². The van der Waals surface area contributed by atoms with Gasteiger partial charge in [0, 0.05) is 6.54 Å². The number of rotatable bonds is 3. The van der Waals surface area contributed by atoms with Gasteiger partial charge < -0.3 is 14.7 Å². The number of hydrogen-bond acceptors (Lipinski definition) is 3. The minimum absolute atomic E-state index is 0.0357. The lowest BCUT2D eigenvalue weighted by Crippen LogP contribution is -2.63. The molecule has 0 bridgehead atoms. The van der Waals surface area contributed by atoms with Crippen LogP contribution in [0.2, 0.25) is 0 Å². The van der Waals surface area contributed by atoms with E-state index in [2.05, 4.69) is 0 Å². The van der Waals surface area contributed by atoms with Crippen molar-refractivity contribution >= 4 is 5.91 Å². The van der Waals surface area contributed by atoms with Crippen molar-refractivity contribution in [2.24, 2.45) is 0 Å². The number of carbonyl (C=O) groups is 1. The first kappa shape index (κ1) is 16.3. The van der Waals surface area contributed by atoms with Gasteiger partial charge in [0.15, 0.2) is 0 Å². The molecule has 3 rings (SSSR count). The molecule has 1 aromatic carbocycles. The van der Waals surface area contributed by atoms with Crippen LogP contribution in [0.3, 0.4) is 0 Å². The molecule has 1 saturated carbocycles. The second kappa shape index (κ2) is 5.53. The molecule has 1 aliphatic heterocycles. The van der Waals surface area contributed by atoms with Crippen molar-refractivity contribution in [3.8, 4) is 0 Å². The lowest BCUT2D eigenvalue weighted by Gasteiger charge is -2.46. The largest absolute Gasteiger partial charge is 0.383 e. The molecule has 1 amide bonds. The van der Waals surface area contributed by atoms with E-state index in [1.165, 1.54) is 0 Å². The maximum atomic E-state index is 14.4. The fourth-order valence-electron chi connectivity index (χ4n) is 3.23. The number of amides is 1. The molecule has 126 valence electrons. The molecule has 1 aromatic rings. The van der Waals surface area contributed by atoms with Crippen LogP contribution in [0.4, 0.5) is 8.78 Å². The number of hydrogen-bond donors (Lipinski definition) is 1. The van der Waals surface area contributed by atoms with Gasteiger partial charge in [0.1, 0.15) is 11.2 Å². The monoisotopic (exact) mass is 325 g/mol. The summed E-state index contributed by atoms with van der Waals surface area (Å²) in [6.45, 7) is 2.12. The van der Waals surface area contributed by atoms with Crippen LogP contribution in [0.1, 0.15) is 31.7 Å². The Morgan fingerprint density at radius 2 is 1.96 bits per heavy atom. The number of aliphatic hydroxyl groups is 1. The van der Waals surface area contributed by atoms with Crippen molar-refractivity contribution in [2.45, 2.75) is 43.3 Å². The Hall–Kier alpha value is -1.53. The van der Waals surface area contributed by atoms with Crippen molar-refractivity contribution in [3.63, 3.8) is 0 Å². The van der Waals surface area contributed by atoms with Gasteiger partial charge in [-0.2, -0.15) is 8.78 Å². The van der Waals surface area contributed by atoms with Crippen molar-refractivity contribution in [2.75, 3.05) is 19.7 Å². The van der Waals surface area contributed by atoms with Gasteiger partial charge in [-0.1, -0.05) is 30.3 Å². The molecule has 1 atom stereocenters. The average molecular weight is 325 g/mol. The first-order valence-electron chi connectivity index (χ1n) is 7.88. The van der Waals surface area contributed by atoms with Gasteiger partial charge in [-0.3, -0.25) is 4.79 Å². The van der Waals surface area contributed by atoms with Gasteiger partial charge in [0.2, 0.25) is 0 Å². The number of ether oxygens (including phenoxy) is 1. The van der Waals surface area contributed by atoms with E-state index in [-0.39, 0.29) is 32.5 Å². The summed E-state index contributed by atoms with van der Waals surface area (Å²) in [7, 11) is 0. The predicted octanol–water partition coefficient (Wildman–Crippen LogP) is 2.31. The lowest BCUT2D eigenvalue weighted by molar-refractivity contribution is -0.229. The molecule has 2 aliphatic rings. The first-order chi connectivity index (χ1) is 10.8. The van der Waals surface area contributed by atoms with E-state index in [1.807, 2.05) is 30.3 Å². The molecular weight excluding hydrogens is 304 g/mol. The maximum absolute atomic E-state index is 14.4. The van der Waals surface area contributed by atoms with E-state index in [1.54, 1.807) is 6.92 Å².